The first kappa shape index (κ1) is 20.7. The molecular weight excluding hydrogens is 408 g/mol. The number of carbonyl (C=O) groups is 1. The topological polar surface area (TPSA) is 80.9 Å². The molecule has 1 aromatic heterocycles. The van der Waals surface area contributed by atoms with E-state index in [9.17, 15) is 4.79 Å². The van der Waals surface area contributed by atoms with Crippen molar-refractivity contribution in [1.29, 1.82) is 0 Å². The Hall–Kier alpha value is -3.23. The van der Waals surface area contributed by atoms with Crippen molar-refractivity contribution in [2.75, 3.05) is 39.9 Å². The van der Waals surface area contributed by atoms with Crippen LogP contribution in [0.5, 0.6) is 5.75 Å². The molecule has 3 aromatic rings. The van der Waals surface area contributed by atoms with Crippen LogP contribution in [0.4, 0.5) is 0 Å². The second kappa shape index (κ2) is 9.10. The van der Waals surface area contributed by atoms with Crippen LogP contribution >= 0.6 is 0 Å². The number of hydrogen-bond acceptors (Lipinski definition) is 7. The summed E-state index contributed by atoms with van der Waals surface area (Å²) in [6.45, 7) is 3.53. The van der Waals surface area contributed by atoms with E-state index in [1.165, 1.54) is 11.1 Å². The predicted molar refractivity (Wildman–Crippen MR) is 117 cm³/mol. The highest BCUT2D eigenvalue weighted by molar-refractivity contribution is 5.78. The molecule has 0 bridgehead atoms. The zero-order chi connectivity index (χ0) is 21.9. The number of hydrogen-bond donors (Lipinski definition) is 0. The molecule has 5 rings (SSSR count). The first-order valence-electron chi connectivity index (χ1n) is 10.9. The lowest BCUT2D eigenvalue weighted by molar-refractivity contribution is -0.141. The Morgan fingerprint density at radius 1 is 1.12 bits per heavy atom. The Morgan fingerprint density at radius 2 is 1.94 bits per heavy atom. The number of ether oxygens (including phenoxy) is 2. The van der Waals surface area contributed by atoms with Crippen LogP contribution in [-0.4, -0.2) is 65.7 Å². The number of rotatable bonds is 5. The van der Waals surface area contributed by atoms with Gasteiger partial charge in [0.25, 0.3) is 5.89 Å². The molecule has 2 aromatic carbocycles. The van der Waals surface area contributed by atoms with Crippen LogP contribution in [0.15, 0.2) is 53.1 Å². The first-order valence-corrected chi connectivity index (χ1v) is 10.9. The number of nitrogens with zero attached hydrogens (tertiary/aromatic N) is 4. The maximum atomic E-state index is 13.0. The summed E-state index contributed by atoms with van der Waals surface area (Å²) < 4.78 is 16.5. The van der Waals surface area contributed by atoms with E-state index in [-0.39, 0.29) is 5.91 Å². The maximum absolute atomic E-state index is 13.0. The third-order valence-electron chi connectivity index (χ3n) is 6.05. The van der Waals surface area contributed by atoms with Gasteiger partial charge in [0.2, 0.25) is 11.7 Å². The Bertz CT molecular complexity index is 1080. The van der Waals surface area contributed by atoms with Gasteiger partial charge >= 0.3 is 0 Å². The number of amides is 1. The summed E-state index contributed by atoms with van der Waals surface area (Å²) in [5.41, 5.74) is 3.52. The van der Waals surface area contributed by atoms with E-state index >= 15 is 0 Å². The van der Waals surface area contributed by atoms with Crippen molar-refractivity contribution in [3.8, 4) is 17.1 Å². The molecule has 0 saturated carbocycles. The van der Waals surface area contributed by atoms with Gasteiger partial charge in [-0.2, -0.15) is 4.98 Å². The lowest BCUT2D eigenvalue weighted by atomic mass is 10.00. The molecule has 8 heteroatoms. The van der Waals surface area contributed by atoms with Crippen LogP contribution in [-0.2, 0) is 22.5 Å². The zero-order valence-electron chi connectivity index (χ0n) is 18.1. The van der Waals surface area contributed by atoms with Crippen LogP contribution in [0.2, 0.25) is 0 Å². The van der Waals surface area contributed by atoms with E-state index in [0.717, 1.165) is 30.8 Å². The molecule has 1 atom stereocenters. The number of fused-ring (bicyclic) bond motifs is 1. The molecule has 0 radical (unpaired) electrons. The highest BCUT2D eigenvalue weighted by atomic mass is 16.5. The minimum Gasteiger partial charge on any atom is -0.497 e. The molecule has 32 heavy (non-hydrogen) atoms. The smallest absolute Gasteiger partial charge is 0.257 e. The van der Waals surface area contributed by atoms with Crippen molar-refractivity contribution >= 4 is 5.91 Å². The van der Waals surface area contributed by atoms with Gasteiger partial charge in [-0.25, -0.2) is 0 Å². The summed E-state index contributed by atoms with van der Waals surface area (Å²) >= 11 is 0. The fourth-order valence-electron chi connectivity index (χ4n) is 4.23. The highest BCUT2D eigenvalue weighted by Gasteiger charge is 2.30. The van der Waals surface area contributed by atoms with E-state index in [1.807, 2.05) is 29.2 Å². The number of carbonyl (C=O) groups excluding carboxylic acids is 1. The quantitative estimate of drug-likeness (QED) is 0.611. The van der Waals surface area contributed by atoms with Crippen LogP contribution < -0.4 is 4.74 Å². The molecule has 1 saturated heterocycles. The van der Waals surface area contributed by atoms with Crippen LogP contribution in [0.3, 0.4) is 0 Å². The summed E-state index contributed by atoms with van der Waals surface area (Å²) in [4.78, 5) is 21.5. The second-order valence-corrected chi connectivity index (χ2v) is 8.11. The Balaban J connectivity index is 1.21. The second-order valence-electron chi connectivity index (χ2n) is 8.11. The molecule has 8 nitrogen and oxygen atoms in total. The Labute approximate surface area is 186 Å². The fourth-order valence-corrected chi connectivity index (χ4v) is 4.23. The lowest BCUT2D eigenvalue weighted by Gasteiger charge is -2.34. The van der Waals surface area contributed by atoms with Gasteiger partial charge in [-0.1, -0.05) is 29.4 Å². The third-order valence-corrected chi connectivity index (χ3v) is 6.05. The molecule has 1 unspecified atom stereocenters. The predicted octanol–water partition coefficient (Wildman–Crippen LogP) is 2.70. The Kier molecular flexibility index (Phi) is 5.87. The van der Waals surface area contributed by atoms with Crippen LogP contribution in [0.1, 0.15) is 23.1 Å². The Morgan fingerprint density at radius 3 is 2.75 bits per heavy atom. The minimum absolute atomic E-state index is 0.104. The molecule has 3 heterocycles. The van der Waals surface area contributed by atoms with Crippen LogP contribution in [0, 0.1) is 0 Å². The van der Waals surface area contributed by atoms with Gasteiger partial charge in [0.1, 0.15) is 5.75 Å². The van der Waals surface area contributed by atoms with Gasteiger partial charge in [-0.05, 0) is 41.8 Å². The van der Waals surface area contributed by atoms with Gasteiger partial charge in [0, 0.05) is 25.2 Å². The van der Waals surface area contributed by atoms with E-state index in [4.69, 9.17) is 14.0 Å². The largest absolute Gasteiger partial charge is 0.497 e. The monoisotopic (exact) mass is 434 g/mol. The molecular formula is C24H26N4O4. The number of aromatic nitrogens is 2. The summed E-state index contributed by atoms with van der Waals surface area (Å²) in [7, 11) is 1.62. The average Bonchev–Trinajstić information content (AvgIpc) is 3.34. The molecule has 0 spiro atoms. The van der Waals surface area contributed by atoms with Crippen LogP contribution in [0.25, 0.3) is 11.4 Å². The molecule has 166 valence electrons. The molecule has 0 aliphatic carbocycles. The molecule has 0 N–H and O–H groups in total. The standard InChI is InChI=1S/C24H26N4O4/c1-30-20-8-6-18(7-9-20)23-25-24(32-26-23)21-15-28(12-13-31-21)22(29)16-27-11-10-17-4-2-3-5-19(17)14-27/h2-9,21H,10-16H2,1H3. The lowest BCUT2D eigenvalue weighted by Crippen LogP contribution is -2.47. The molecule has 2 aliphatic rings. The van der Waals surface area contributed by atoms with Gasteiger partial charge < -0.3 is 18.9 Å². The summed E-state index contributed by atoms with van der Waals surface area (Å²) in [5, 5.41) is 4.08. The van der Waals surface area contributed by atoms with Gasteiger partial charge in [0.05, 0.1) is 26.8 Å². The van der Waals surface area contributed by atoms with Gasteiger partial charge in [-0.15, -0.1) is 0 Å². The van der Waals surface area contributed by atoms with Crippen molar-refractivity contribution in [2.45, 2.75) is 19.1 Å². The van der Waals surface area contributed by atoms with E-state index in [0.29, 0.717) is 38.0 Å². The maximum Gasteiger partial charge on any atom is 0.257 e. The minimum atomic E-state index is -0.422. The average molecular weight is 434 g/mol. The molecule has 2 aliphatic heterocycles. The van der Waals surface area contributed by atoms with Gasteiger partial charge in [0.15, 0.2) is 6.10 Å². The highest BCUT2D eigenvalue weighted by Crippen LogP contribution is 2.25. The number of methoxy groups -OCH3 is 1. The number of benzene rings is 2. The molecule has 1 amide bonds. The number of morpholine rings is 1. The van der Waals surface area contributed by atoms with E-state index in [1.54, 1.807) is 7.11 Å². The first-order chi connectivity index (χ1) is 15.7. The SMILES string of the molecule is COc1ccc(-c2noc(C3CN(C(=O)CN4CCc5ccccc5C4)CCO3)n2)cc1. The van der Waals surface area contributed by atoms with E-state index < -0.39 is 6.10 Å². The summed E-state index contributed by atoms with van der Waals surface area (Å²) in [6, 6.07) is 15.9. The van der Waals surface area contributed by atoms with Crippen molar-refractivity contribution in [3.05, 3.63) is 65.5 Å². The summed E-state index contributed by atoms with van der Waals surface area (Å²) in [5.74, 6) is 1.74. The van der Waals surface area contributed by atoms with Crippen molar-refractivity contribution in [2.24, 2.45) is 0 Å². The van der Waals surface area contributed by atoms with Crippen molar-refractivity contribution < 1.29 is 18.8 Å². The third kappa shape index (κ3) is 4.37. The normalized spacial score (nSPS) is 18.9. The van der Waals surface area contributed by atoms with Crippen molar-refractivity contribution in [1.82, 2.24) is 19.9 Å². The summed E-state index contributed by atoms with van der Waals surface area (Å²) in [6.07, 6.45) is 0.556. The fraction of sp³-hybridized carbons (Fsp3) is 0.375. The van der Waals surface area contributed by atoms with E-state index in [2.05, 4.69) is 39.3 Å². The molecule has 1 fully saturated rings. The van der Waals surface area contributed by atoms with Crippen molar-refractivity contribution in [3.63, 3.8) is 0 Å². The van der Waals surface area contributed by atoms with Gasteiger partial charge in [-0.3, -0.25) is 9.69 Å². The zero-order valence-corrected chi connectivity index (χ0v) is 18.1.